The van der Waals surface area contributed by atoms with Crippen LogP contribution < -0.4 is 4.74 Å². The minimum absolute atomic E-state index is 0.0204. The number of fused-ring (bicyclic) bond motifs is 2. The van der Waals surface area contributed by atoms with E-state index in [2.05, 4.69) is 0 Å². The zero-order valence-corrected chi connectivity index (χ0v) is 14.2. The first kappa shape index (κ1) is 15.5. The Bertz CT molecular complexity index is 728. The molecule has 1 aromatic rings. The van der Waals surface area contributed by atoms with Gasteiger partial charge in [0.05, 0.1) is 5.41 Å². The molecule has 0 radical (unpaired) electrons. The maximum atomic E-state index is 13.1. The van der Waals surface area contributed by atoms with Crippen molar-refractivity contribution in [1.82, 2.24) is 4.90 Å². The number of aryl methyl sites for hydroxylation is 2. The van der Waals surface area contributed by atoms with Crippen molar-refractivity contribution in [2.75, 3.05) is 19.7 Å². The zero-order chi connectivity index (χ0) is 17.1. The molecule has 1 saturated heterocycles. The molecule has 1 aromatic carbocycles. The van der Waals surface area contributed by atoms with Gasteiger partial charge in [0.15, 0.2) is 0 Å². The maximum absolute atomic E-state index is 13.1. The Labute approximate surface area is 141 Å². The summed E-state index contributed by atoms with van der Waals surface area (Å²) >= 11 is 0. The molecule has 5 nitrogen and oxygen atoms in total. The van der Waals surface area contributed by atoms with E-state index >= 15 is 0 Å². The van der Waals surface area contributed by atoms with E-state index in [9.17, 15) is 14.7 Å². The fourth-order valence-electron chi connectivity index (χ4n) is 4.70. The van der Waals surface area contributed by atoms with E-state index in [4.69, 9.17) is 4.74 Å². The molecule has 5 heteroatoms. The number of rotatable bonds is 2. The number of carbonyl (C=O) groups is 2. The smallest absolute Gasteiger partial charge is 0.311 e. The second-order valence-electron chi connectivity index (χ2n) is 7.61. The Kier molecular flexibility index (Phi) is 3.37. The summed E-state index contributed by atoms with van der Waals surface area (Å²) in [6, 6.07) is 4.04. The second-order valence-corrected chi connectivity index (χ2v) is 7.61. The van der Waals surface area contributed by atoms with Crippen LogP contribution in [0.2, 0.25) is 0 Å². The molecule has 0 aromatic heterocycles. The summed E-state index contributed by atoms with van der Waals surface area (Å²) < 4.78 is 5.73. The van der Waals surface area contributed by atoms with E-state index < -0.39 is 11.4 Å². The third kappa shape index (κ3) is 2.06. The van der Waals surface area contributed by atoms with E-state index in [1.807, 2.05) is 26.0 Å². The second kappa shape index (κ2) is 5.23. The van der Waals surface area contributed by atoms with Crippen LogP contribution in [0.3, 0.4) is 0 Å². The number of nitrogens with zero attached hydrogens (tertiary/aromatic N) is 1. The van der Waals surface area contributed by atoms with Gasteiger partial charge in [0.1, 0.15) is 18.3 Å². The molecule has 128 valence electrons. The minimum Gasteiger partial charge on any atom is -0.492 e. The number of carbonyl (C=O) groups excluding carboxylic acids is 1. The molecule has 1 amide bonds. The number of ether oxygens (including phenoxy) is 1. The van der Waals surface area contributed by atoms with E-state index in [0.29, 0.717) is 26.1 Å². The van der Waals surface area contributed by atoms with Gasteiger partial charge in [0.2, 0.25) is 5.91 Å². The van der Waals surface area contributed by atoms with Crippen molar-refractivity contribution in [3.63, 3.8) is 0 Å². The molecular weight excluding hydrogens is 306 g/mol. The number of benzene rings is 1. The summed E-state index contributed by atoms with van der Waals surface area (Å²) in [5, 5.41) is 9.70. The van der Waals surface area contributed by atoms with Gasteiger partial charge in [0, 0.05) is 18.7 Å². The molecule has 0 spiro atoms. The lowest BCUT2D eigenvalue weighted by atomic mass is 9.81. The lowest BCUT2D eigenvalue weighted by Gasteiger charge is -2.24. The number of carboxylic acids is 1. The Morgan fingerprint density at radius 3 is 2.75 bits per heavy atom. The summed E-state index contributed by atoms with van der Waals surface area (Å²) in [6.07, 6.45) is 2.55. The first-order valence-electron chi connectivity index (χ1n) is 8.68. The van der Waals surface area contributed by atoms with Crippen LogP contribution in [-0.4, -0.2) is 41.6 Å². The topological polar surface area (TPSA) is 66.8 Å². The monoisotopic (exact) mass is 329 g/mol. The zero-order valence-electron chi connectivity index (χ0n) is 14.2. The summed E-state index contributed by atoms with van der Waals surface area (Å²) in [4.78, 5) is 26.6. The van der Waals surface area contributed by atoms with Crippen LogP contribution in [0.25, 0.3) is 0 Å². The Balaban J connectivity index is 1.59. The van der Waals surface area contributed by atoms with Crippen molar-refractivity contribution in [2.24, 2.45) is 11.3 Å². The van der Waals surface area contributed by atoms with Gasteiger partial charge >= 0.3 is 5.97 Å². The molecule has 2 heterocycles. The molecule has 0 bridgehead atoms. The summed E-state index contributed by atoms with van der Waals surface area (Å²) in [6.45, 7) is 5.35. The maximum Gasteiger partial charge on any atom is 0.311 e. The van der Waals surface area contributed by atoms with Crippen LogP contribution in [0.4, 0.5) is 0 Å². The van der Waals surface area contributed by atoms with Gasteiger partial charge in [-0.05, 0) is 49.8 Å². The average molecular weight is 329 g/mol. The Morgan fingerprint density at radius 1 is 1.29 bits per heavy atom. The molecule has 2 fully saturated rings. The van der Waals surface area contributed by atoms with Gasteiger partial charge in [-0.15, -0.1) is 0 Å². The van der Waals surface area contributed by atoms with E-state index in [-0.39, 0.29) is 17.7 Å². The molecule has 3 aliphatic rings. The van der Waals surface area contributed by atoms with Gasteiger partial charge in [-0.3, -0.25) is 9.59 Å². The SMILES string of the molecule is Cc1cc2c(cc1C)C(C(=O)N1C[C@@H]3CCC[C@@]3(C(=O)O)C1)CO2. The molecule has 1 unspecified atom stereocenters. The predicted molar refractivity (Wildman–Crippen MR) is 88.1 cm³/mol. The average Bonchev–Trinajstić information content (AvgIpc) is 3.19. The van der Waals surface area contributed by atoms with Crippen molar-refractivity contribution in [3.05, 3.63) is 28.8 Å². The van der Waals surface area contributed by atoms with Crippen LogP contribution in [0.5, 0.6) is 5.75 Å². The third-order valence-electron chi connectivity index (χ3n) is 6.31. The predicted octanol–water partition coefficient (Wildman–Crippen LogP) is 2.49. The largest absolute Gasteiger partial charge is 0.492 e. The number of amides is 1. The fraction of sp³-hybridized carbons (Fsp3) is 0.579. The van der Waals surface area contributed by atoms with E-state index in [1.54, 1.807) is 4.90 Å². The number of carboxylic acid groups (broad SMARTS) is 1. The highest BCUT2D eigenvalue weighted by molar-refractivity contribution is 5.87. The highest BCUT2D eigenvalue weighted by atomic mass is 16.5. The Morgan fingerprint density at radius 2 is 2.04 bits per heavy atom. The van der Waals surface area contributed by atoms with Crippen molar-refractivity contribution >= 4 is 11.9 Å². The third-order valence-corrected chi connectivity index (χ3v) is 6.31. The van der Waals surface area contributed by atoms with Gasteiger partial charge in [-0.25, -0.2) is 0 Å². The molecule has 4 rings (SSSR count). The van der Waals surface area contributed by atoms with Crippen LogP contribution in [0.1, 0.15) is 41.9 Å². The number of hydrogen-bond acceptors (Lipinski definition) is 3. The molecule has 24 heavy (non-hydrogen) atoms. The van der Waals surface area contributed by atoms with E-state index in [1.165, 1.54) is 0 Å². The van der Waals surface area contributed by atoms with E-state index in [0.717, 1.165) is 35.3 Å². The lowest BCUT2D eigenvalue weighted by molar-refractivity contribution is -0.149. The lowest BCUT2D eigenvalue weighted by Crippen LogP contribution is -2.39. The molecule has 1 N–H and O–H groups in total. The molecular formula is C19H23NO4. The first-order chi connectivity index (χ1) is 11.4. The summed E-state index contributed by atoms with van der Waals surface area (Å²) in [5.41, 5.74) is 2.53. The number of aliphatic carboxylic acids is 1. The minimum atomic E-state index is -0.741. The standard InChI is InChI=1S/C19H23NO4/c1-11-6-14-15(9-24-16(14)7-12(11)2)17(21)20-8-13-4-3-5-19(13,10-20)18(22)23/h6-7,13,15H,3-5,8-10H2,1-2H3,(H,22,23)/t13-,15?,19+/m0/s1. The highest BCUT2D eigenvalue weighted by Crippen LogP contribution is 2.50. The molecule has 3 atom stereocenters. The molecule has 1 saturated carbocycles. The van der Waals surface area contributed by atoms with Gasteiger partial charge in [-0.2, -0.15) is 0 Å². The first-order valence-corrected chi connectivity index (χ1v) is 8.68. The van der Waals surface area contributed by atoms with Crippen LogP contribution >= 0.6 is 0 Å². The summed E-state index contributed by atoms with van der Waals surface area (Å²) in [5.74, 6) is -0.130. The van der Waals surface area contributed by atoms with Crippen molar-refractivity contribution < 1.29 is 19.4 Å². The van der Waals surface area contributed by atoms with Crippen molar-refractivity contribution in [2.45, 2.75) is 39.0 Å². The van der Waals surface area contributed by atoms with Crippen LogP contribution in [0, 0.1) is 25.2 Å². The molecule has 2 aliphatic heterocycles. The van der Waals surface area contributed by atoms with Crippen molar-refractivity contribution in [3.8, 4) is 5.75 Å². The van der Waals surface area contributed by atoms with Crippen LogP contribution in [0.15, 0.2) is 12.1 Å². The number of hydrogen-bond donors (Lipinski definition) is 1. The van der Waals surface area contributed by atoms with Gasteiger partial charge < -0.3 is 14.7 Å². The summed E-state index contributed by atoms with van der Waals surface area (Å²) in [7, 11) is 0. The van der Waals surface area contributed by atoms with Gasteiger partial charge in [-0.1, -0.05) is 12.5 Å². The normalized spacial score (nSPS) is 30.8. The van der Waals surface area contributed by atoms with Crippen LogP contribution in [-0.2, 0) is 9.59 Å². The van der Waals surface area contributed by atoms with Gasteiger partial charge in [0.25, 0.3) is 0 Å². The fourth-order valence-corrected chi connectivity index (χ4v) is 4.70. The number of likely N-dealkylation sites (tertiary alicyclic amines) is 1. The van der Waals surface area contributed by atoms with Crippen molar-refractivity contribution in [1.29, 1.82) is 0 Å². The highest BCUT2D eigenvalue weighted by Gasteiger charge is 2.56. The quantitative estimate of drug-likeness (QED) is 0.905. The molecule has 1 aliphatic carbocycles. The Hall–Kier alpha value is -2.04.